The Morgan fingerprint density at radius 2 is 1.83 bits per heavy atom. The van der Waals surface area contributed by atoms with Crippen LogP contribution in [0.4, 0.5) is 10.1 Å². The maximum Gasteiger partial charge on any atom is 0.227 e. The molecule has 23 heavy (non-hydrogen) atoms. The fourth-order valence-electron chi connectivity index (χ4n) is 2.60. The lowest BCUT2D eigenvalue weighted by Crippen LogP contribution is -2.34. The standard InChI is InChI=1S/C18H19FN2O2/c19-14-2-1-3-17(12-14)23-16-6-4-15(5-7-16)21-18(22)13-8-10-20-11-9-13/h1-7,12-13,20H,8-11H2,(H,21,22). The third-order valence-corrected chi connectivity index (χ3v) is 3.86. The minimum atomic E-state index is -0.339. The fourth-order valence-corrected chi connectivity index (χ4v) is 2.60. The zero-order valence-corrected chi connectivity index (χ0v) is 12.7. The molecule has 1 saturated heterocycles. The van der Waals surface area contributed by atoms with Gasteiger partial charge in [-0.25, -0.2) is 4.39 Å². The normalized spacial score (nSPS) is 15.2. The lowest BCUT2D eigenvalue weighted by atomic mass is 9.97. The van der Waals surface area contributed by atoms with Crippen LogP contribution in [-0.4, -0.2) is 19.0 Å². The van der Waals surface area contributed by atoms with Gasteiger partial charge in [-0.3, -0.25) is 4.79 Å². The van der Waals surface area contributed by atoms with Crippen LogP contribution in [0.15, 0.2) is 48.5 Å². The first kappa shape index (κ1) is 15.5. The van der Waals surface area contributed by atoms with E-state index in [2.05, 4.69) is 10.6 Å². The summed E-state index contributed by atoms with van der Waals surface area (Å²) in [5.41, 5.74) is 0.736. The number of nitrogens with one attached hydrogen (secondary N) is 2. The minimum absolute atomic E-state index is 0.0605. The Balaban J connectivity index is 1.59. The highest BCUT2D eigenvalue weighted by atomic mass is 19.1. The van der Waals surface area contributed by atoms with Crippen molar-refractivity contribution in [3.05, 3.63) is 54.3 Å². The molecular weight excluding hydrogens is 295 g/mol. The molecule has 0 aromatic heterocycles. The zero-order chi connectivity index (χ0) is 16.1. The Bertz CT molecular complexity index is 667. The second-order valence-electron chi connectivity index (χ2n) is 5.60. The van der Waals surface area contributed by atoms with Gasteiger partial charge in [0.05, 0.1) is 0 Å². The van der Waals surface area contributed by atoms with E-state index in [0.29, 0.717) is 11.5 Å². The smallest absolute Gasteiger partial charge is 0.227 e. The van der Waals surface area contributed by atoms with E-state index in [9.17, 15) is 9.18 Å². The minimum Gasteiger partial charge on any atom is -0.457 e. The summed E-state index contributed by atoms with van der Waals surface area (Å²) in [5.74, 6) is 0.824. The van der Waals surface area contributed by atoms with E-state index in [-0.39, 0.29) is 17.6 Å². The topological polar surface area (TPSA) is 50.4 Å². The predicted molar refractivity (Wildman–Crippen MR) is 87.1 cm³/mol. The van der Waals surface area contributed by atoms with Crippen LogP contribution < -0.4 is 15.4 Å². The van der Waals surface area contributed by atoms with Crippen molar-refractivity contribution in [2.45, 2.75) is 12.8 Å². The summed E-state index contributed by atoms with van der Waals surface area (Å²) in [7, 11) is 0. The third-order valence-electron chi connectivity index (χ3n) is 3.86. The SMILES string of the molecule is O=C(Nc1ccc(Oc2cccc(F)c2)cc1)C1CCNCC1. The second-order valence-corrected chi connectivity index (χ2v) is 5.60. The fraction of sp³-hybridized carbons (Fsp3) is 0.278. The summed E-state index contributed by atoms with van der Waals surface area (Å²) in [4.78, 5) is 12.2. The summed E-state index contributed by atoms with van der Waals surface area (Å²) in [6.45, 7) is 1.77. The number of carbonyl (C=O) groups excluding carboxylic acids is 1. The molecule has 2 aromatic rings. The van der Waals surface area contributed by atoms with Gasteiger partial charge in [-0.15, -0.1) is 0 Å². The molecule has 3 rings (SSSR count). The summed E-state index contributed by atoms with van der Waals surface area (Å²) in [6.07, 6.45) is 1.74. The molecule has 0 aliphatic carbocycles. The van der Waals surface area contributed by atoms with Gasteiger partial charge in [0.2, 0.25) is 5.91 Å². The van der Waals surface area contributed by atoms with Crippen molar-refractivity contribution in [3.8, 4) is 11.5 Å². The van der Waals surface area contributed by atoms with Crippen molar-refractivity contribution in [3.63, 3.8) is 0 Å². The van der Waals surface area contributed by atoms with Crippen LogP contribution in [0.1, 0.15) is 12.8 Å². The molecule has 0 radical (unpaired) electrons. The molecule has 1 heterocycles. The van der Waals surface area contributed by atoms with Gasteiger partial charge in [0, 0.05) is 17.7 Å². The largest absolute Gasteiger partial charge is 0.457 e. The van der Waals surface area contributed by atoms with Gasteiger partial charge in [0.25, 0.3) is 0 Å². The van der Waals surface area contributed by atoms with Crippen molar-refractivity contribution in [2.24, 2.45) is 5.92 Å². The first-order chi connectivity index (χ1) is 11.2. The number of benzene rings is 2. The molecule has 5 heteroatoms. The molecule has 120 valence electrons. The van der Waals surface area contributed by atoms with Crippen LogP contribution in [0.3, 0.4) is 0 Å². The molecule has 2 N–H and O–H groups in total. The number of anilines is 1. The van der Waals surface area contributed by atoms with Crippen molar-refractivity contribution >= 4 is 11.6 Å². The highest BCUT2D eigenvalue weighted by Gasteiger charge is 2.20. The summed E-state index contributed by atoms with van der Waals surface area (Å²) >= 11 is 0. The van der Waals surface area contributed by atoms with E-state index in [1.54, 1.807) is 36.4 Å². The highest BCUT2D eigenvalue weighted by Crippen LogP contribution is 2.24. The van der Waals surface area contributed by atoms with E-state index in [1.165, 1.54) is 12.1 Å². The van der Waals surface area contributed by atoms with E-state index in [4.69, 9.17) is 4.74 Å². The lowest BCUT2D eigenvalue weighted by molar-refractivity contribution is -0.120. The summed E-state index contributed by atoms with van der Waals surface area (Å²) in [5, 5.41) is 6.17. The number of rotatable bonds is 4. The van der Waals surface area contributed by atoms with E-state index >= 15 is 0 Å². The quantitative estimate of drug-likeness (QED) is 0.907. The molecule has 1 aliphatic rings. The van der Waals surface area contributed by atoms with Crippen molar-refractivity contribution in [1.29, 1.82) is 0 Å². The van der Waals surface area contributed by atoms with Gasteiger partial charge >= 0.3 is 0 Å². The number of ether oxygens (including phenoxy) is 1. The van der Waals surface area contributed by atoms with E-state index in [0.717, 1.165) is 31.6 Å². The van der Waals surface area contributed by atoms with E-state index < -0.39 is 0 Å². The van der Waals surface area contributed by atoms with Crippen molar-refractivity contribution < 1.29 is 13.9 Å². The van der Waals surface area contributed by atoms with Crippen LogP contribution in [-0.2, 0) is 4.79 Å². The Labute approximate surface area is 134 Å². The van der Waals surface area contributed by atoms with Gasteiger partial charge in [-0.05, 0) is 62.3 Å². The Morgan fingerprint density at radius 3 is 2.52 bits per heavy atom. The Morgan fingerprint density at radius 1 is 1.09 bits per heavy atom. The molecule has 1 amide bonds. The first-order valence-corrected chi connectivity index (χ1v) is 7.76. The van der Waals surface area contributed by atoms with Crippen LogP contribution in [0, 0.1) is 11.7 Å². The predicted octanol–water partition coefficient (Wildman–Crippen LogP) is 3.56. The molecule has 0 saturated carbocycles. The average molecular weight is 314 g/mol. The van der Waals surface area contributed by atoms with Gasteiger partial charge < -0.3 is 15.4 Å². The van der Waals surface area contributed by atoms with Gasteiger partial charge in [0.1, 0.15) is 17.3 Å². The number of piperidine rings is 1. The maximum atomic E-state index is 13.1. The Hall–Kier alpha value is -2.40. The molecule has 2 aromatic carbocycles. The summed E-state index contributed by atoms with van der Waals surface area (Å²) in [6, 6.07) is 13.1. The lowest BCUT2D eigenvalue weighted by Gasteiger charge is -2.21. The van der Waals surface area contributed by atoms with Gasteiger partial charge in [-0.1, -0.05) is 6.07 Å². The first-order valence-electron chi connectivity index (χ1n) is 7.76. The van der Waals surface area contributed by atoms with Gasteiger partial charge in [0.15, 0.2) is 0 Å². The van der Waals surface area contributed by atoms with Crippen LogP contribution >= 0.6 is 0 Å². The monoisotopic (exact) mass is 314 g/mol. The van der Waals surface area contributed by atoms with Crippen molar-refractivity contribution in [2.75, 3.05) is 18.4 Å². The molecule has 0 atom stereocenters. The number of carbonyl (C=O) groups is 1. The molecule has 0 spiro atoms. The molecule has 0 bridgehead atoms. The maximum absolute atomic E-state index is 13.1. The number of hydrogen-bond donors (Lipinski definition) is 2. The third kappa shape index (κ3) is 4.29. The Kier molecular flexibility index (Phi) is 4.88. The molecular formula is C18H19FN2O2. The summed E-state index contributed by atoms with van der Waals surface area (Å²) < 4.78 is 18.7. The molecule has 1 fully saturated rings. The molecule has 0 unspecified atom stereocenters. The second kappa shape index (κ2) is 7.24. The number of amides is 1. The van der Waals surface area contributed by atoms with Crippen LogP contribution in [0.25, 0.3) is 0 Å². The average Bonchev–Trinajstić information content (AvgIpc) is 2.57. The van der Waals surface area contributed by atoms with Crippen LogP contribution in [0.2, 0.25) is 0 Å². The van der Waals surface area contributed by atoms with Crippen molar-refractivity contribution in [1.82, 2.24) is 5.32 Å². The number of hydrogen-bond acceptors (Lipinski definition) is 3. The molecule has 4 nitrogen and oxygen atoms in total. The highest BCUT2D eigenvalue weighted by molar-refractivity contribution is 5.92. The van der Waals surface area contributed by atoms with E-state index in [1.807, 2.05) is 0 Å². The number of halogens is 1. The molecule has 1 aliphatic heterocycles. The van der Waals surface area contributed by atoms with Crippen LogP contribution in [0.5, 0.6) is 11.5 Å². The zero-order valence-electron chi connectivity index (χ0n) is 12.7. The van der Waals surface area contributed by atoms with Gasteiger partial charge in [-0.2, -0.15) is 0 Å².